The molecule has 1 fully saturated rings. The van der Waals surface area contributed by atoms with Crippen molar-refractivity contribution in [3.05, 3.63) is 65.2 Å². The number of ketones is 1. The molecule has 3 rings (SSSR count). The van der Waals surface area contributed by atoms with Gasteiger partial charge in [-0.2, -0.15) is 0 Å². The van der Waals surface area contributed by atoms with E-state index >= 15 is 0 Å². The third kappa shape index (κ3) is 5.97. The van der Waals surface area contributed by atoms with Crippen LogP contribution < -0.4 is 10.2 Å². The van der Waals surface area contributed by atoms with Gasteiger partial charge in [-0.3, -0.25) is 29.6 Å². The fraction of sp³-hybridized carbons (Fsp3) is 0.360. The highest BCUT2D eigenvalue weighted by Crippen LogP contribution is 2.23. The molecule has 174 valence electrons. The van der Waals surface area contributed by atoms with Crippen LogP contribution in [0.15, 0.2) is 48.5 Å². The van der Waals surface area contributed by atoms with Gasteiger partial charge in [-0.05, 0) is 35.2 Å². The Morgan fingerprint density at radius 1 is 1.06 bits per heavy atom. The van der Waals surface area contributed by atoms with Gasteiger partial charge in [0.25, 0.3) is 5.91 Å². The first-order chi connectivity index (χ1) is 15.6. The third-order valence-electron chi connectivity index (χ3n) is 5.45. The van der Waals surface area contributed by atoms with Crippen molar-refractivity contribution in [3.8, 4) is 5.75 Å². The summed E-state index contributed by atoms with van der Waals surface area (Å²) in [5.41, 5.74) is 4.36. The van der Waals surface area contributed by atoms with Gasteiger partial charge < -0.3 is 9.47 Å². The largest absolute Gasteiger partial charge is 0.497 e. The number of benzene rings is 2. The topological polar surface area (TPSA) is 102 Å². The van der Waals surface area contributed by atoms with Gasteiger partial charge in [0.15, 0.2) is 12.4 Å². The van der Waals surface area contributed by atoms with Gasteiger partial charge in [-0.15, -0.1) is 0 Å². The van der Waals surface area contributed by atoms with E-state index in [1.807, 2.05) is 12.1 Å². The maximum atomic E-state index is 12.5. The van der Waals surface area contributed by atoms with Crippen molar-refractivity contribution in [3.63, 3.8) is 0 Å². The maximum absolute atomic E-state index is 12.5. The van der Waals surface area contributed by atoms with Crippen LogP contribution >= 0.6 is 0 Å². The number of hydrazine groups is 1. The summed E-state index contributed by atoms with van der Waals surface area (Å²) >= 11 is 0. The quantitative estimate of drug-likeness (QED) is 0.512. The number of hydrogen-bond acceptors (Lipinski definition) is 6. The van der Waals surface area contributed by atoms with Crippen LogP contribution in [0.1, 0.15) is 53.5 Å². The molecular formula is C25H28N2O6. The van der Waals surface area contributed by atoms with E-state index in [2.05, 4.69) is 26.2 Å². The van der Waals surface area contributed by atoms with Gasteiger partial charge in [0.1, 0.15) is 5.75 Å². The van der Waals surface area contributed by atoms with Crippen molar-refractivity contribution in [1.29, 1.82) is 0 Å². The first-order valence-corrected chi connectivity index (χ1v) is 10.6. The minimum absolute atomic E-state index is 0.0170. The monoisotopic (exact) mass is 452 g/mol. The van der Waals surface area contributed by atoms with Crippen LogP contribution in [0, 0.1) is 5.92 Å². The van der Waals surface area contributed by atoms with Crippen LogP contribution in [-0.4, -0.2) is 48.8 Å². The summed E-state index contributed by atoms with van der Waals surface area (Å²) in [6.07, 6.45) is -0.102. The Hall–Kier alpha value is -3.68. The fourth-order valence-electron chi connectivity index (χ4n) is 3.42. The molecule has 1 saturated heterocycles. The summed E-state index contributed by atoms with van der Waals surface area (Å²) in [5, 5.41) is 1.12. The van der Waals surface area contributed by atoms with Crippen molar-refractivity contribution < 1.29 is 28.7 Å². The number of methoxy groups -OCH3 is 1. The van der Waals surface area contributed by atoms with Crippen molar-refractivity contribution in [2.24, 2.45) is 5.92 Å². The molecule has 2 amide bonds. The summed E-state index contributed by atoms with van der Waals surface area (Å²) in [6, 6.07) is 13.7. The molecular weight excluding hydrogens is 424 g/mol. The predicted molar refractivity (Wildman–Crippen MR) is 121 cm³/mol. The first kappa shape index (κ1) is 24.0. The third-order valence-corrected chi connectivity index (χ3v) is 5.45. The van der Waals surface area contributed by atoms with Crippen LogP contribution in [0.3, 0.4) is 0 Å². The normalized spacial score (nSPS) is 15.8. The van der Waals surface area contributed by atoms with E-state index in [4.69, 9.17) is 9.47 Å². The number of nitrogens with zero attached hydrogens (tertiary/aromatic N) is 1. The van der Waals surface area contributed by atoms with Gasteiger partial charge in [0.2, 0.25) is 5.91 Å². The number of amides is 2. The molecule has 0 bridgehead atoms. The van der Waals surface area contributed by atoms with E-state index < -0.39 is 30.3 Å². The number of carbonyl (C=O) groups is 4. The van der Waals surface area contributed by atoms with Crippen LogP contribution in [0.5, 0.6) is 5.75 Å². The number of carbonyl (C=O) groups excluding carboxylic acids is 4. The molecule has 0 spiro atoms. The molecule has 33 heavy (non-hydrogen) atoms. The fourth-order valence-corrected chi connectivity index (χ4v) is 3.42. The number of rotatable bonds is 7. The first-order valence-electron chi connectivity index (χ1n) is 10.6. The van der Waals surface area contributed by atoms with Crippen molar-refractivity contribution in [2.75, 3.05) is 20.3 Å². The lowest BCUT2D eigenvalue weighted by molar-refractivity contribution is -0.147. The van der Waals surface area contributed by atoms with Gasteiger partial charge in [0.05, 0.1) is 19.6 Å². The minimum Gasteiger partial charge on any atom is -0.497 e. The molecule has 0 unspecified atom stereocenters. The Bertz CT molecular complexity index is 1060. The lowest BCUT2D eigenvalue weighted by Gasteiger charge is -2.20. The Labute approximate surface area is 192 Å². The molecule has 8 nitrogen and oxygen atoms in total. The second-order valence-corrected chi connectivity index (χ2v) is 8.94. The van der Waals surface area contributed by atoms with Gasteiger partial charge in [0, 0.05) is 17.5 Å². The molecule has 2 aromatic rings. The molecule has 0 aliphatic carbocycles. The van der Waals surface area contributed by atoms with Crippen LogP contribution in [0.4, 0.5) is 0 Å². The molecule has 0 radical (unpaired) electrons. The highest BCUT2D eigenvalue weighted by Gasteiger charge is 2.36. The van der Waals surface area contributed by atoms with E-state index in [-0.39, 0.29) is 24.2 Å². The lowest BCUT2D eigenvalue weighted by atomic mass is 9.87. The van der Waals surface area contributed by atoms with Gasteiger partial charge in [-0.25, -0.2) is 0 Å². The van der Waals surface area contributed by atoms with E-state index in [1.54, 1.807) is 36.4 Å². The van der Waals surface area contributed by atoms with E-state index in [0.717, 1.165) is 10.6 Å². The van der Waals surface area contributed by atoms with E-state index in [9.17, 15) is 19.2 Å². The van der Waals surface area contributed by atoms with Crippen LogP contribution in [-0.2, 0) is 19.7 Å². The number of esters is 1. The van der Waals surface area contributed by atoms with Crippen molar-refractivity contribution >= 4 is 23.6 Å². The number of hydrogen-bond donors (Lipinski definition) is 1. The SMILES string of the molecule is COc1cccc(C(=O)COC(=O)[C@H]2CC(=O)N(NC(=O)c3ccc(C(C)(C)C)cc3)C2)c1. The summed E-state index contributed by atoms with van der Waals surface area (Å²) in [5.74, 6) is -2.12. The molecule has 0 saturated carbocycles. The lowest BCUT2D eigenvalue weighted by Crippen LogP contribution is -2.43. The van der Waals surface area contributed by atoms with Gasteiger partial charge in [-0.1, -0.05) is 45.0 Å². The average Bonchev–Trinajstić information content (AvgIpc) is 3.16. The molecule has 8 heteroatoms. The standard InChI is InChI=1S/C25H28N2O6/c1-25(2,3)19-10-8-16(9-11-19)23(30)26-27-14-18(13-22(27)29)24(31)33-15-21(28)17-6-5-7-20(12-17)32-4/h5-12,18H,13-15H2,1-4H3,(H,26,30)/t18-/m0/s1. The highest BCUT2D eigenvalue weighted by atomic mass is 16.5. The van der Waals surface area contributed by atoms with Crippen LogP contribution in [0.2, 0.25) is 0 Å². The van der Waals surface area contributed by atoms with Crippen molar-refractivity contribution in [2.45, 2.75) is 32.6 Å². The summed E-state index contributed by atoms with van der Waals surface area (Å²) in [7, 11) is 1.49. The number of Topliss-reactive ketones (excluding diaryl/α,β-unsaturated/α-hetero) is 1. The van der Waals surface area contributed by atoms with E-state index in [1.165, 1.54) is 7.11 Å². The molecule has 1 aliphatic heterocycles. The summed E-state index contributed by atoms with van der Waals surface area (Å²) in [4.78, 5) is 49.5. The second kappa shape index (κ2) is 9.85. The minimum atomic E-state index is -0.765. The Morgan fingerprint density at radius 3 is 2.39 bits per heavy atom. The van der Waals surface area contributed by atoms with E-state index in [0.29, 0.717) is 16.9 Å². The Kier molecular flexibility index (Phi) is 7.16. The molecule has 1 N–H and O–H groups in total. The number of nitrogens with one attached hydrogen (secondary N) is 1. The number of ether oxygens (including phenoxy) is 2. The summed E-state index contributed by atoms with van der Waals surface area (Å²) in [6.45, 7) is 5.78. The Morgan fingerprint density at radius 2 is 1.76 bits per heavy atom. The maximum Gasteiger partial charge on any atom is 0.311 e. The zero-order valence-electron chi connectivity index (χ0n) is 19.2. The average molecular weight is 453 g/mol. The molecule has 2 aromatic carbocycles. The van der Waals surface area contributed by atoms with Crippen molar-refractivity contribution in [1.82, 2.24) is 10.4 Å². The van der Waals surface area contributed by atoms with Gasteiger partial charge >= 0.3 is 5.97 Å². The zero-order chi connectivity index (χ0) is 24.2. The smallest absolute Gasteiger partial charge is 0.311 e. The Balaban J connectivity index is 1.53. The summed E-state index contributed by atoms with van der Waals surface area (Å²) < 4.78 is 10.2. The second-order valence-electron chi connectivity index (χ2n) is 8.94. The molecule has 0 aromatic heterocycles. The highest BCUT2D eigenvalue weighted by molar-refractivity contribution is 5.99. The van der Waals surface area contributed by atoms with Crippen LogP contribution in [0.25, 0.3) is 0 Å². The predicted octanol–water partition coefficient (Wildman–Crippen LogP) is 2.91. The molecule has 1 heterocycles. The molecule has 1 aliphatic rings. The zero-order valence-corrected chi connectivity index (χ0v) is 19.2. The molecule has 1 atom stereocenters.